The number of ether oxygens (including phenoxy) is 1. The molecule has 1 spiro atoms. The summed E-state index contributed by atoms with van der Waals surface area (Å²) in [6.07, 6.45) is -2.21. The van der Waals surface area contributed by atoms with Gasteiger partial charge in [-0.2, -0.15) is 13.2 Å². The third-order valence-electron chi connectivity index (χ3n) is 5.92. The maximum Gasteiger partial charge on any atom is 0.471 e. The van der Waals surface area contributed by atoms with Crippen LogP contribution in [-0.4, -0.2) is 54.4 Å². The second-order valence-corrected chi connectivity index (χ2v) is 7.63. The van der Waals surface area contributed by atoms with Crippen molar-refractivity contribution in [2.75, 3.05) is 19.7 Å². The molecule has 1 N–H and O–H groups in total. The Morgan fingerprint density at radius 1 is 1.19 bits per heavy atom. The van der Waals surface area contributed by atoms with Crippen molar-refractivity contribution >= 4 is 5.91 Å². The number of hydrogen-bond donors (Lipinski definition) is 1. The fourth-order valence-electron chi connectivity index (χ4n) is 4.51. The number of carbonyl (C=O) groups excluding carboxylic acids is 1. The Bertz CT molecular complexity index is 658. The predicted molar refractivity (Wildman–Crippen MR) is 89.7 cm³/mol. The largest absolute Gasteiger partial charge is 0.471 e. The van der Waals surface area contributed by atoms with Gasteiger partial charge in [0.05, 0.1) is 18.2 Å². The molecule has 3 fully saturated rings. The lowest BCUT2D eigenvalue weighted by Gasteiger charge is -2.34. The first kappa shape index (κ1) is 17.8. The SMILES string of the molecule is O=C(N(C1COC2(CCNCC2)C1)[C@@H]1C[C@H]1c1ccccc1)C(F)(F)F. The molecule has 2 aliphatic heterocycles. The standard InChI is InChI=1S/C19H23F3N2O2/c20-19(21,22)17(25)24(16-10-15(16)13-4-2-1-3-5-13)14-11-18(26-12-14)6-8-23-9-7-18/h1-5,14-16,23H,6-12H2/t14?,15-,16+/m0/s1. The molecule has 1 aromatic rings. The van der Waals surface area contributed by atoms with Gasteiger partial charge >= 0.3 is 12.1 Å². The quantitative estimate of drug-likeness (QED) is 0.892. The molecule has 1 aliphatic carbocycles. The third-order valence-corrected chi connectivity index (χ3v) is 5.92. The van der Waals surface area contributed by atoms with Gasteiger partial charge in [0.1, 0.15) is 0 Å². The molecule has 7 heteroatoms. The van der Waals surface area contributed by atoms with Gasteiger partial charge in [-0.3, -0.25) is 4.79 Å². The second-order valence-electron chi connectivity index (χ2n) is 7.63. The summed E-state index contributed by atoms with van der Waals surface area (Å²) in [7, 11) is 0. The van der Waals surface area contributed by atoms with Crippen LogP contribution in [0.25, 0.3) is 0 Å². The van der Waals surface area contributed by atoms with Crippen LogP contribution < -0.4 is 5.32 Å². The van der Waals surface area contributed by atoms with Gasteiger partial charge in [-0.25, -0.2) is 0 Å². The van der Waals surface area contributed by atoms with E-state index in [1.165, 1.54) is 0 Å². The normalized spacial score (nSPS) is 30.3. The molecule has 3 aliphatic rings. The first-order valence-corrected chi connectivity index (χ1v) is 9.19. The number of nitrogens with zero attached hydrogens (tertiary/aromatic N) is 1. The Morgan fingerprint density at radius 2 is 1.88 bits per heavy atom. The number of amides is 1. The molecule has 0 aromatic heterocycles. The van der Waals surface area contributed by atoms with E-state index in [1.54, 1.807) is 0 Å². The molecular weight excluding hydrogens is 345 g/mol. The number of halogens is 3. The summed E-state index contributed by atoms with van der Waals surface area (Å²) in [5.74, 6) is -1.74. The highest BCUT2D eigenvalue weighted by molar-refractivity contribution is 5.83. The number of nitrogens with one attached hydrogen (secondary N) is 1. The minimum atomic E-state index is -4.85. The van der Waals surface area contributed by atoms with E-state index in [0.29, 0.717) is 12.8 Å². The minimum Gasteiger partial charge on any atom is -0.373 e. The zero-order chi connectivity index (χ0) is 18.4. The van der Waals surface area contributed by atoms with E-state index < -0.39 is 24.2 Å². The van der Waals surface area contributed by atoms with E-state index in [4.69, 9.17) is 4.74 Å². The lowest BCUT2D eigenvalue weighted by Crippen LogP contribution is -2.50. The number of benzene rings is 1. The first-order chi connectivity index (χ1) is 12.4. The zero-order valence-corrected chi connectivity index (χ0v) is 14.5. The van der Waals surface area contributed by atoms with Gasteiger partial charge in [0.2, 0.25) is 0 Å². The summed E-state index contributed by atoms with van der Waals surface area (Å²) in [4.78, 5) is 13.3. The molecule has 2 heterocycles. The number of piperidine rings is 1. The first-order valence-electron chi connectivity index (χ1n) is 9.19. The van der Waals surface area contributed by atoms with Crippen LogP contribution in [0.5, 0.6) is 0 Å². The molecule has 0 radical (unpaired) electrons. The van der Waals surface area contributed by atoms with Crippen molar-refractivity contribution in [2.24, 2.45) is 0 Å². The topological polar surface area (TPSA) is 41.6 Å². The van der Waals surface area contributed by atoms with Crippen molar-refractivity contribution in [1.29, 1.82) is 0 Å². The monoisotopic (exact) mass is 368 g/mol. The van der Waals surface area contributed by atoms with Gasteiger partial charge in [-0.05, 0) is 44.3 Å². The summed E-state index contributed by atoms with van der Waals surface area (Å²) in [5.41, 5.74) is 0.616. The Balaban J connectivity index is 1.54. The number of rotatable bonds is 3. The van der Waals surface area contributed by atoms with Crippen LogP contribution in [0.3, 0.4) is 0 Å². The molecule has 1 amide bonds. The highest BCUT2D eigenvalue weighted by Crippen LogP contribution is 2.49. The molecule has 0 bridgehead atoms. The zero-order valence-electron chi connectivity index (χ0n) is 14.5. The van der Waals surface area contributed by atoms with Gasteiger partial charge in [0.25, 0.3) is 0 Å². The molecule has 3 atom stereocenters. The third kappa shape index (κ3) is 3.34. The highest BCUT2D eigenvalue weighted by atomic mass is 19.4. The average Bonchev–Trinajstić information content (AvgIpc) is 3.31. The van der Waals surface area contributed by atoms with E-state index in [0.717, 1.165) is 36.4 Å². The van der Waals surface area contributed by atoms with Crippen molar-refractivity contribution in [2.45, 2.75) is 55.5 Å². The smallest absolute Gasteiger partial charge is 0.373 e. The van der Waals surface area contributed by atoms with Crippen molar-refractivity contribution in [3.8, 4) is 0 Å². The van der Waals surface area contributed by atoms with Gasteiger partial charge in [0.15, 0.2) is 0 Å². The van der Waals surface area contributed by atoms with Crippen LogP contribution in [0, 0.1) is 0 Å². The Morgan fingerprint density at radius 3 is 2.54 bits per heavy atom. The van der Waals surface area contributed by atoms with Crippen LogP contribution in [0.1, 0.15) is 37.2 Å². The molecular formula is C19H23F3N2O2. The Labute approximate surface area is 150 Å². The van der Waals surface area contributed by atoms with Gasteiger partial charge in [-0.1, -0.05) is 30.3 Å². The van der Waals surface area contributed by atoms with Crippen LogP contribution in [0.15, 0.2) is 30.3 Å². The maximum atomic E-state index is 13.3. The van der Waals surface area contributed by atoms with Gasteiger partial charge in [0, 0.05) is 12.0 Å². The molecule has 4 rings (SSSR count). The Kier molecular flexibility index (Phi) is 4.47. The number of hydrogen-bond acceptors (Lipinski definition) is 3. The summed E-state index contributed by atoms with van der Waals surface area (Å²) < 4.78 is 45.7. The lowest BCUT2D eigenvalue weighted by molar-refractivity contribution is -0.188. The molecule has 142 valence electrons. The van der Waals surface area contributed by atoms with Crippen LogP contribution in [0.4, 0.5) is 13.2 Å². The van der Waals surface area contributed by atoms with Gasteiger partial charge in [-0.15, -0.1) is 0 Å². The molecule has 1 unspecified atom stereocenters. The van der Waals surface area contributed by atoms with E-state index in [2.05, 4.69) is 5.32 Å². The molecule has 4 nitrogen and oxygen atoms in total. The summed E-state index contributed by atoms with van der Waals surface area (Å²) in [5, 5.41) is 3.25. The summed E-state index contributed by atoms with van der Waals surface area (Å²) in [6, 6.07) is 8.58. The molecule has 1 aromatic carbocycles. The van der Waals surface area contributed by atoms with Crippen molar-refractivity contribution < 1.29 is 22.7 Å². The van der Waals surface area contributed by atoms with Crippen LogP contribution in [0.2, 0.25) is 0 Å². The summed E-state index contributed by atoms with van der Waals surface area (Å²) >= 11 is 0. The molecule has 1 saturated carbocycles. The van der Waals surface area contributed by atoms with Gasteiger partial charge < -0.3 is 15.0 Å². The van der Waals surface area contributed by atoms with E-state index in [9.17, 15) is 18.0 Å². The molecule has 2 saturated heterocycles. The second kappa shape index (κ2) is 6.53. The van der Waals surface area contributed by atoms with Crippen molar-refractivity contribution in [3.63, 3.8) is 0 Å². The van der Waals surface area contributed by atoms with E-state index in [-0.39, 0.29) is 18.1 Å². The number of alkyl halides is 3. The lowest BCUT2D eigenvalue weighted by atomic mass is 9.88. The van der Waals surface area contributed by atoms with E-state index in [1.807, 2.05) is 30.3 Å². The number of carbonyl (C=O) groups is 1. The minimum absolute atomic E-state index is 0.0212. The van der Waals surface area contributed by atoms with Crippen molar-refractivity contribution in [3.05, 3.63) is 35.9 Å². The Hall–Kier alpha value is -1.60. The highest BCUT2D eigenvalue weighted by Gasteiger charge is 2.56. The van der Waals surface area contributed by atoms with Crippen LogP contribution >= 0.6 is 0 Å². The fraction of sp³-hybridized carbons (Fsp3) is 0.632. The van der Waals surface area contributed by atoms with Crippen molar-refractivity contribution in [1.82, 2.24) is 10.2 Å². The molecule has 26 heavy (non-hydrogen) atoms. The van der Waals surface area contributed by atoms with Crippen LogP contribution in [-0.2, 0) is 9.53 Å². The van der Waals surface area contributed by atoms with E-state index >= 15 is 0 Å². The maximum absolute atomic E-state index is 13.3. The summed E-state index contributed by atoms with van der Waals surface area (Å²) in [6.45, 7) is 1.80. The predicted octanol–water partition coefficient (Wildman–Crippen LogP) is 2.84. The average molecular weight is 368 g/mol. The fourth-order valence-corrected chi connectivity index (χ4v) is 4.51.